The summed E-state index contributed by atoms with van der Waals surface area (Å²) >= 11 is 3.42. The molecule has 116 valence electrons. The second-order valence-electron chi connectivity index (χ2n) is 4.36. The lowest BCUT2D eigenvalue weighted by atomic mass is 10.2. The Morgan fingerprint density at radius 2 is 2.05 bits per heavy atom. The maximum Gasteiger partial charge on any atom is 0.411 e. The van der Waals surface area contributed by atoms with Gasteiger partial charge in [-0.15, -0.1) is 0 Å². The van der Waals surface area contributed by atoms with E-state index in [1.54, 1.807) is 4.68 Å². The summed E-state index contributed by atoms with van der Waals surface area (Å²) in [5, 5.41) is 14.1. The van der Waals surface area contributed by atoms with Crippen LogP contribution in [0.3, 0.4) is 0 Å². The van der Waals surface area contributed by atoms with Crippen molar-refractivity contribution < 1.29 is 23.0 Å². The monoisotopic (exact) mass is 358 g/mol. The van der Waals surface area contributed by atoms with Gasteiger partial charge in [0.05, 0.1) is 28.6 Å². The van der Waals surface area contributed by atoms with Crippen LogP contribution in [0.25, 0.3) is 0 Å². The second-order valence-corrected chi connectivity index (χ2v) is 5.16. The molecule has 0 fully saturated rings. The largest absolute Gasteiger partial charge is 0.411 e. The van der Waals surface area contributed by atoms with Gasteiger partial charge in [-0.1, -0.05) is 6.92 Å². The number of aliphatic hydroxyl groups excluding tert-OH is 1. The van der Waals surface area contributed by atoms with Gasteiger partial charge in [-0.2, -0.15) is 18.3 Å². The number of alkyl halides is 3. The van der Waals surface area contributed by atoms with Crippen LogP contribution in [-0.4, -0.2) is 40.4 Å². The fourth-order valence-corrected chi connectivity index (χ4v) is 2.53. The summed E-state index contributed by atoms with van der Waals surface area (Å²) in [7, 11) is 0. The van der Waals surface area contributed by atoms with Crippen LogP contribution in [0.15, 0.2) is 4.47 Å². The smallest absolute Gasteiger partial charge is 0.390 e. The van der Waals surface area contributed by atoms with Crippen molar-refractivity contribution in [2.24, 2.45) is 0 Å². The first-order valence-corrected chi connectivity index (χ1v) is 7.14. The minimum atomic E-state index is -4.37. The van der Waals surface area contributed by atoms with Crippen molar-refractivity contribution in [3.63, 3.8) is 0 Å². The lowest BCUT2D eigenvalue weighted by Crippen LogP contribution is -2.25. The Balaban J connectivity index is 2.61. The van der Waals surface area contributed by atoms with Crippen molar-refractivity contribution in [3.8, 4) is 0 Å². The SMILES string of the molecule is CCc1nn(CC)c(CC(O)COCC(F)(F)F)c1Br. The topological polar surface area (TPSA) is 47.3 Å². The molecule has 0 spiro atoms. The lowest BCUT2D eigenvalue weighted by Gasteiger charge is -2.13. The molecule has 0 bridgehead atoms. The molecule has 0 saturated heterocycles. The number of aryl methyl sites for hydroxylation is 2. The van der Waals surface area contributed by atoms with E-state index in [4.69, 9.17) is 0 Å². The molecule has 4 nitrogen and oxygen atoms in total. The Labute approximate surface area is 124 Å². The molecule has 1 rings (SSSR count). The summed E-state index contributed by atoms with van der Waals surface area (Å²) in [6, 6.07) is 0. The fraction of sp³-hybridized carbons (Fsp3) is 0.750. The van der Waals surface area contributed by atoms with Gasteiger partial charge in [0, 0.05) is 13.0 Å². The highest BCUT2D eigenvalue weighted by atomic mass is 79.9. The highest BCUT2D eigenvalue weighted by Gasteiger charge is 2.28. The highest BCUT2D eigenvalue weighted by Crippen LogP contribution is 2.24. The number of aromatic nitrogens is 2. The molecule has 0 aliphatic rings. The molecular weight excluding hydrogens is 341 g/mol. The first-order valence-electron chi connectivity index (χ1n) is 6.35. The van der Waals surface area contributed by atoms with E-state index in [0.29, 0.717) is 6.54 Å². The number of rotatable bonds is 7. The van der Waals surface area contributed by atoms with Crippen molar-refractivity contribution in [2.45, 2.75) is 45.5 Å². The fourth-order valence-electron chi connectivity index (χ4n) is 1.81. The molecule has 20 heavy (non-hydrogen) atoms. The van der Waals surface area contributed by atoms with Crippen LogP contribution in [0, 0.1) is 0 Å². The third-order valence-corrected chi connectivity index (χ3v) is 3.61. The van der Waals surface area contributed by atoms with Gasteiger partial charge in [0.15, 0.2) is 0 Å². The third-order valence-electron chi connectivity index (χ3n) is 2.70. The Bertz CT molecular complexity index is 435. The summed E-state index contributed by atoms with van der Waals surface area (Å²) in [5.74, 6) is 0. The number of aliphatic hydroxyl groups is 1. The molecule has 1 heterocycles. The zero-order valence-electron chi connectivity index (χ0n) is 11.4. The Morgan fingerprint density at radius 1 is 1.40 bits per heavy atom. The summed E-state index contributed by atoms with van der Waals surface area (Å²) in [5.41, 5.74) is 1.64. The molecule has 0 radical (unpaired) electrons. The van der Waals surface area contributed by atoms with Gasteiger partial charge in [0.1, 0.15) is 6.61 Å². The van der Waals surface area contributed by atoms with Gasteiger partial charge in [-0.3, -0.25) is 4.68 Å². The lowest BCUT2D eigenvalue weighted by molar-refractivity contribution is -0.179. The van der Waals surface area contributed by atoms with Crippen molar-refractivity contribution in [1.29, 1.82) is 0 Å². The molecule has 0 aromatic carbocycles. The summed E-state index contributed by atoms with van der Waals surface area (Å²) in [6.07, 6.45) is -4.44. The predicted molar refractivity (Wildman–Crippen MR) is 71.6 cm³/mol. The van der Waals surface area contributed by atoms with Crippen LogP contribution in [0.1, 0.15) is 25.2 Å². The van der Waals surface area contributed by atoms with Crippen LogP contribution < -0.4 is 0 Å². The molecule has 0 aliphatic carbocycles. The van der Waals surface area contributed by atoms with Gasteiger partial charge in [-0.25, -0.2) is 0 Å². The molecular formula is C12H18BrF3N2O2. The molecule has 8 heteroatoms. The normalized spacial score (nSPS) is 13.8. The molecule has 1 N–H and O–H groups in total. The first-order chi connectivity index (χ1) is 9.28. The Morgan fingerprint density at radius 3 is 2.55 bits per heavy atom. The summed E-state index contributed by atoms with van der Waals surface area (Å²) in [6.45, 7) is 2.79. The van der Waals surface area contributed by atoms with Crippen molar-refractivity contribution in [2.75, 3.05) is 13.2 Å². The van der Waals surface area contributed by atoms with Crippen molar-refractivity contribution in [3.05, 3.63) is 15.9 Å². The molecule has 1 aromatic heterocycles. The minimum absolute atomic E-state index is 0.194. The third kappa shape index (κ3) is 5.06. The second kappa shape index (κ2) is 7.42. The van der Waals surface area contributed by atoms with Gasteiger partial charge in [0.25, 0.3) is 0 Å². The number of hydrogen-bond acceptors (Lipinski definition) is 3. The first kappa shape index (κ1) is 17.5. The zero-order chi connectivity index (χ0) is 15.3. The molecule has 1 atom stereocenters. The molecule has 1 unspecified atom stereocenters. The van der Waals surface area contributed by atoms with Crippen LogP contribution in [0.2, 0.25) is 0 Å². The van der Waals surface area contributed by atoms with Gasteiger partial charge >= 0.3 is 6.18 Å². The van der Waals surface area contributed by atoms with E-state index >= 15 is 0 Å². The number of halogens is 4. The zero-order valence-corrected chi connectivity index (χ0v) is 13.0. The summed E-state index contributed by atoms with van der Waals surface area (Å²) in [4.78, 5) is 0. The number of ether oxygens (including phenoxy) is 1. The minimum Gasteiger partial charge on any atom is -0.390 e. The molecule has 0 aliphatic heterocycles. The van der Waals surface area contributed by atoms with E-state index < -0.39 is 18.9 Å². The Hall–Kier alpha value is -0.600. The Kier molecular flexibility index (Phi) is 6.47. The standard InChI is InChI=1S/C12H18BrF3N2O2/c1-3-9-11(13)10(18(4-2)17-9)5-8(19)6-20-7-12(14,15)16/h8,19H,3-7H2,1-2H3. The van der Waals surface area contributed by atoms with Crippen molar-refractivity contribution >= 4 is 15.9 Å². The van der Waals surface area contributed by atoms with Gasteiger partial charge < -0.3 is 9.84 Å². The highest BCUT2D eigenvalue weighted by molar-refractivity contribution is 9.10. The van der Waals surface area contributed by atoms with Crippen LogP contribution in [0.5, 0.6) is 0 Å². The molecule has 0 amide bonds. The van der Waals surface area contributed by atoms with E-state index in [9.17, 15) is 18.3 Å². The van der Waals surface area contributed by atoms with E-state index in [0.717, 1.165) is 22.3 Å². The van der Waals surface area contributed by atoms with E-state index in [2.05, 4.69) is 25.8 Å². The number of nitrogens with zero attached hydrogens (tertiary/aromatic N) is 2. The summed E-state index contributed by atoms with van der Waals surface area (Å²) < 4.78 is 42.8. The van der Waals surface area contributed by atoms with Crippen LogP contribution in [0.4, 0.5) is 13.2 Å². The average molecular weight is 359 g/mol. The van der Waals surface area contributed by atoms with Crippen LogP contribution >= 0.6 is 15.9 Å². The van der Waals surface area contributed by atoms with Gasteiger partial charge in [0.2, 0.25) is 0 Å². The molecule has 0 saturated carbocycles. The van der Waals surface area contributed by atoms with Crippen molar-refractivity contribution in [1.82, 2.24) is 9.78 Å². The van der Waals surface area contributed by atoms with E-state index in [-0.39, 0.29) is 13.0 Å². The van der Waals surface area contributed by atoms with Gasteiger partial charge in [-0.05, 0) is 29.3 Å². The van der Waals surface area contributed by atoms with Crippen LogP contribution in [-0.2, 0) is 24.1 Å². The maximum absolute atomic E-state index is 11.9. The molecule has 1 aromatic rings. The predicted octanol–water partition coefficient (Wildman–Crippen LogP) is 2.71. The van der Waals surface area contributed by atoms with E-state index in [1.807, 2.05) is 13.8 Å². The maximum atomic E-state index is 11.9. The average Bonchev–Trinajstić information content (AvgIpc) is 2.64. The van der Waals surface area contributed by atoms with E-state index in [1.165, 1.54) is 0 Å². The quantitative estimate of drug-likeness (QED) is 0.815. The number of hydrogen-bond donors (Lipinski definition) is 1.